The molecule has 1 heterocycles. The highest BCUT2D eigenvalue weighted by Crippen LogP contribution is 2.21. The van der Waals surface area contributed by atoms with Crippen LogP contribution in [0.5, 0.6) is 0 Å². The number of nitrogens with zero attached hydrogens (tertiary/aromatic N) is 2. The van der Waals surface area contributed by atoms with Gasteiger partial charge in [0.15, 0.2) is 0 Å². The number of pyridine rings is 1. The predicted octanol–water partition coefficient (Wildman–Crippen LogP) is 2.53. The quantitative estimate of drug-likeness (QED) is 0.730. The first kappa shape index (κ1) is 10.6. The van der Waals surface area contributed by atoms with E-state index in [1.54, 1.807) is 11.9 Å². The Morgan fingerprint density at radius 3 is 2.69 bits per heavy atom. The second kappa shape index (κ2) is 3.93. The van der Waals surface area contributed by atoms with E-state index < -0.39 is 0 Å². The molecular weight excluding hydrogens is 200 g/mol. The van der Waals surface area contributed by atoms with E-state index in [-0.39, 0.29) is 5.91 Å². The van der Waals surface area contributed by atoms with Crippen molar-refractivity contribution in [2.75, 3.05) is 11.9 Å². The average Bonchev–Trinajstić information content (AvgIpc) is 2.28. The maximum Gasteiger partial charge on any atom is 0.224 e. The van der Waals surface area contributed by atoms with Crippen molar-refractivity contribution in [1.82, 2.24) is 4.98 Å². The molecule has 3 heteroatoms. The van der Waals surface area contributed by atoms with Gasteiger partial charge in [-0.2, -0.15) is 0 Å². The number of carbonyl (C=O) groups is 1. The smallest absolute Gasteiger partial charge is 0.224 e. The lowest BCUT2D eigenvalue weighted by Crippen LogP contribution is -2.23. The number of amides is 1. The highest BCUT2D eigenvalue weighted by atomic mass is 16.2. The first-order chi connectivity index (χ1) is 7.59. The number of fused-ring (bicyclic) bond motifs is 1. The fourth-order valence-electron chi connectivity index (χ4n) is 1.66. The molecule has 0 unspecified atom stereocenters. The molecule has 0 saturated carbocycles. The molecule has 0 aliphatic rings. The Bertz CT molecular complexity index is 549. The Morgan fingerprint density at radius 2 is 2.00 bits per heavy atom. The molecule has 0 fully saturated rings. The Balaban J connectivity index is 2.62. The van der Waals surface area contributed by atoms with Crippen LogP contribution in [0.15, 0.2) is 30.3 Å². The SMILES string of the molecule is CC(=O)N(C)c1cc(C)c2ccccc2n1. The second-order valence-electron chi connectivity index (χ2n) is 3.89. The molecule has 0 radical (unpaired) electrons. The van der Waals surface area contributed by atoms with Crippen LogP contribution in [0.25, 0.3) is 10.9 Å². The number of aryl methyl sites for hydroxylation is 1. The van der Waals surface area contributed by atoms with Crippen LogP contribution in [0.3, 0.4) is 0 Å². The largest absolute Gasteiger partial charge is 0.300 e. The van der Waals surface area contributed by atoms with Crippen molar-refractivity contribution in [3.8, 4) is 0 Å². The Kier molecular flexibility index (Phi) is 2.60. The first-order valence-electron chi connectivity index (χ1n) is 5.20. The zero-order valence-corrected chi connectivity index (χ0v) is 9.69. The van der Waals surface area contributed by atoms with E-state index in [0.717, 1.165) is 16.5 Å². The average molecular weight is 214 g/mol. The van der Waals surface area contributed by atoms with Gasteiger partial charge >= 0.3 is 0 Å². The molecule has 2 aromatic rings. The standard InChI is InChI=1S/C13H14N2O/c1-9-8-13(15(3)10(2)16)14-12-7-5-4-6-11(9)12/h4-8H,1-3H3. The fraction of sp³-hybridized carbons (Fsp3) is 0.231. The number of hydrogen-bond acceptors (Lipinski definition) is 2. The summed E-state index contributed by atoms with van der Waals surface area (Å²) >= 11 is 0. The number of para-hydroxylation sites is 1. The Hall–Kier alpha value is -1.90. The summed E-state index contributed by atoms with van der Waals surface area (Å²) in [6.07, 6.45) is 0. The lowest BCUT2D eigenvalue weighted by molar-refractivity contribution is -0.116. The van der Waals surface area contributed by atoms with Crippen LogP contribution < -0.4 is 4.90 Å². The normalized spacial score (nSPS) is 10.4. The number of carbonyl (C=O) groups excluding carboxylic acids is 1. The van der Waals surface area contributed by atoms with Crippen LogP contribution in [0.1, 0.15) is 12.5 Å². The molecule has 82 valence electrons. The molecule has 0 saturated heterocycles. The van der Waals surface area contributed by atoms with Gasteiger partial charge in [0, 0.05) is 19.4 Å². The lowest BCUT2D eigenvalue weighted by atomic mass is 10.1. The minimum atomic E-state index is -0.0119. The van der Waals surface area contributed by atoms with Gasteiger partial charge in [-0.1, -0.05) is 18.2 Å². The molecule has 3 nitrogen and oxygen atoms in total. The topological polar surface area (TPSA) is 33.2 Å². The second-order valence-corrected chi connectivity index (χ2v) is 3.89. The van der Waals surface area contributed by atoms with Gasteiger partial charge in [0.05, 0.1) is 5.52 Å². The van der Waals surface area contributed by atoms with Gasteiger partial charge in [0.1, 0.15) is 5.82 Å². The van der Waals surface area contributed by atoms with E-state index in [0.29, 0.717) is 5.82 Å². The number of hydrogen-bond donors (Lipinski definition) is 0. The van der Waals surface area contributed by atoms with Gasteiger partial charge in [-0.25, -0.2) is 4.98 Å². The number of benzene rings is 1. The molecule has 1 amide bonds. The molecule has 0 N–H and O–H groups in total. The summed E-state index contributed by atoms with van der Waals surface area (Å²) in [7, 11) is 1.74. The summed E-state index contributed by atoms with van der Waals surface area (Å²) in [5.74, 6) is 0.686. The highest BCUT2D eigenvalue weighted by molar-refractivity contribution is 5.92. The molecule has 0 aliphatic carbocycles. The molecule has 1 aromatic carbocycles. The van der Waals surface area contributed by atoms with Gasteiger partial charge in [-0.15, -0.1) is 0 Å². The number of rotatable bonds is 1. The van der Waals surface area contributed by atoms with Gasteiger partial charge in [-0.05, 0) is 24.6 Å². The zero-order chi connectivity index (χ0) is 11.7. The number of anilines is 1. The number of aromatic nitrogens is 1. The lowest BCUT2D eigenvalue weighted by Gasteiger charge is -2.15. The van der Waals surface area contributed by atoms with Crippen LogP contribution >= 0.6 is 0 Å². The van der Waals surface area contributed by atoms with Crippen LogP contribution in [0.2, 0.25) is 0 Å². The van der Waals surface area contributed by atoms with Gasteiger partial charge in [0.2, 0.25) is 5.91 Å². The minimum absolute atomic E-state index is 0.0119. The summed E-state index contributed by atoms with van der Waals surface area (Å²) in [5, 5.41) is 1.13. The summed E-state index contributed by atoms with van der Waals surface area (Å²) < 4.78 is 0. The Morgan fingerprint density at radius 1 is 1.31 bits per heavy atom. The maximum absolute atomic E-state index is 11.3. The fourth-order valence-corrected chi connectivity index (χ4v) is 1.66. The summed E-state index contributed by atoms with van der Waals surface area (Å²) in [6.45, 7) is 3.56. The molecule has 16 heavy (non-hydrogen) atoms. The van der Waals surface area contributed by atoms with Crippen LogP contribution in [0, 0.1) is 6.92 Å². The van der Waals surface area contributed by atoms with E-state index in [1.807, 2.05) is 37.3 Å². The van der Waals surface area contributed by atoms with Crippen molar-refractivity contribution < 1.29 is 4.79 Å². The van der Waals surface area contributed by atoms with Gasteiger partial charge in [-0.3, -0.25) is 4.79 Å². The third-order valence-corrected chi connectivity index (χ3v) is 2.73. The third-order valence-electron chi connectivity index (χ3n) is 2.73. The van der Waals surface area contributed by atoms with Crippen molar-refractivity contribution >= 4 is 22.6 Å². The van der Waals surface area contributed by atoms with E-state index in [4.69, 9.17) is 0 Å². The molecule has 0 aliphatic heterocycles. The third kappa shape index (κ3) is 1.76. The zero-order valence-electron chi connectivity index (χ0n) is 9.69. The van der Waals surface area contributed by atoms with Crippen LogP contribution in [-0.2, 0) is 4.79 Å². The molecule has 0 bridgehead atoms. The minimum Gasteiger partial charge on any atom is -0.300 e. The van der Waals surface area contributed by atoms with Crippen molar-refractivity contribution in [2.45, 2.75) is 13.8 Å². The van der Waals surface area contributed by atoms with Crippen molar-refractivity contribution in [1.29, 1.82) is 0 Å². The van der Waals surface area contributed by atoms with E-state index in [2.05, 4.69) is 4.98 Å². The first-order valence-corrected chi connectivity index (χ1v) is 5.20. The monoisotopic (exact) mass is 214 g/mol. The van der Waals surface area contributed by atoms with Gasteiger partial charge < -0.3 is 4.90 Å². The summed E-state index contributed by atoms with van der Waals surface area (Å²) in [6, 6.07) is 9.87. The van der Waals surface area contributed by atoms with Crippen molar-refractivity contribution in [2.24, 2.45) is 0 Å². The van der Waals surface area contributed by atoms with E-state index in [1.165, 1.54) is 6.92 Å². The van der Waals surface area contributed by atoms with Gasteiger partial charge in [0.25, 0.3) is 0 Å². The van der Waals surface area contributed by atoms with Crippen molar-refractivity contribution in [3.63, 3.8) is 0 Å². The molecule has 0 atom stereocenters. The van der Waals surface area contributed by atoms with Crippen molar-refractivity contribution in [3.05, 3.63) is 35.9 Å². The van der Waals surface area contributed by atoms with E-state index in [9.17, 15) is 4.79 Å². The van der Waals surface area contributed by atoms with E-state index >= 15 is 0 Å². The van der Waals surface area contributed by atoms with Crippen LogP contribution in [0.4, 0.5) is 5.82 Å². The highest BCUT2D eigenvalue weighted by Gasteiger charge is 2.09. The molecule has 0 spiro atoms. The van der Waals surface area contributed by atoms with Crippen LogP contribution in [-0.4, -0.2) is 17.9 Å². The summed E-state index contributed by atoms with van der Waals surface area (Å²) in [4.78, 5) is 17.3. The molecule has 2 rings (SSSR count). The molecular formula is C13H14N2O. The molecule has 1 aromatic heterocycles. The Labute approximate surface area is 94.7 Å². The maximum atomic E-state index is 11.3. The summed E-state index contributed by atoms with van der Waals surface area (Å²) in [5.41, 5.74) is 2.05. The predicted molar refractivity (Wildman–Crippen MR) is 65.6 cm³/mol.